The van der Waals surface area contributed by atoms with Gasteiger partial charge in [-0.3, -0.25) is 4.79 Å². The Morgan fingerprint density at radius 1 is 1.18 bits per heavy atom. The summed E-state index contributed by atoms with van der Waals surface area (Å²) in [5, 5.41) is 5.54. The zero-order valence-corrected chi connectivity index (χ0v) is 17.7. The lowest BCUT2D eigenvalue weighted by Crippen LogP contribution is -2.12. The molecule has 150 valence electrons. The van der Waals surface area contributed by atoms with Gasteiger partial charge in [0.05, 0.1) is 10.7 Å². The van der Waals surface area contributed by atoms with Gasteiger partial charge in [0, 0.05) is 42.2 Å². The number of benzene rings is 1. The smallest absolute Gasteiger partial charge is 0.275 e. The normalized spacial score (nSPS) is 12.5. The van der Waals surface area contributed by atoms with Crippen molar-refractivity contribution in [3.63, 3.8) is 0 Å². The molecular weight excluding hydrogens is 417 g/mol. The van der Waals surface area contributed by atoms with E-state index in [1.54, 1.807) is 5.38 Å². The van der Waals surface area contributed by atoms with Crippen molar-refractivity contribution >= 4 is 47.7 Å². The maximum absolute atomic E-state index is 12.3. The maximum atomic E-state index is 12.3. The van der Waals surface area contributed by atoms with Crippen LogP contribution < -0.4 is 11.1 Å². The third-order valence-corrected chi connectivity index (χ3v) is 5.40. The Kier molecular flexibility index (Phi) is 8.00. The standard InChI is InChI=1S/C19H21N5OS.2ClH/c20-9-8-18-23-16(12-26-18)19(25)21-14-6-4-13(5-7-14)15-11-24-10-2-1-3-17(24)22-15;;/h4-7,11-12H,1-3,8-10,20H2,(H,21,25);2*1H. The van der Waals surface area contributed by atoms with E-state index in [-0.39, 0.29) is 30.7 Å². The van der Waals surface area contributed by atoms with Crippen molar-refractivity contribution < 1.29 is 4.79 Å². The molecule has 0 radical (unpaired) electrons. The number of aryl methyl sites for hydroxylation is 2. The monoisotopic (exact) mass is 439 g/mol. The van der Waals surface area contributed by atoms with Crippen LogP contribution in [-0.2, 0) is 19.4 Å². The van der Waals surface area contributed by atoms with E-state index in [1.165, 1.54) is 30.0 Å². The fraction of sp³-hybridized carbons (Fsp3) is 0.316. The molecule has 1 aliphatic rings. The Balaban J connectivity index is 0.00000140. The molecule has 3 heterocycles. The zero-order chi connectivity index (χ0) is 17.9. The minimum Gasteiger partial charge on any atom is -0.334 e. The average Bonchev–Trinajstić information content (AvgIpc) is 3.29. The van der Waals surface area contributed by atoms with Crippen molar-refractivity contribution in [2.24, 2.45) is 5.73 Å². The molecule has 0 saturated carbocycles. The number of rotatable bonds is 5. The number of nitrogens with one attached hydrogen (secondary N) is 1. The van der Waals surface area contributed by atoms with E-state index in [0.717, 1.165) is 34.9 Å². The van der Waals surface area contributed by atoms with Crippen molar-refractivity contribution in [2.75, 3.05) is 11.9 Å². The van der Waals surface area contributed by atoms with Gasteiger partial charge in [-0.15, -0.1) is 36.2 Å². The van der Waals surface area contributed by atoms with Crippen LogP contribution in [0.2, 0.25) is 0 Å². The first-order valence-electron chi connectivity index (χ1n) is 8.85. The molecule has 0 unspecified atom stereocenters. The summed E-state index contributed by atoms with van der Waals surface area (Å²) in [6, 6.07) is 7.78. The summed E-state index contributed by atoms with van der Waals surface area (Å²) in [5.41, 5.74) is 8.75. The highest BCUT2D eigenvalue weighted by molar-refractivity contribution is 7.09. The van der Waals surface area contributed by atoms with Gasteiger partial charge < -0.3 is 15.6 Å². The van der Waals surface area contributed by atoms with E-state index < -0.39 is 0 Å². The molecule has 3 N–H and O–H groups in total. The molecule has 1 amide bonds. The minimum atomic E-state index is -0.199. The van der Waals surface area contributed by atoms with Crippen LogP contribution in [0.3, 0.4) is 0 Å². The zero-order valence-electron chi connectivity index (χ0n) is 15.3. The molecule has 28 heavy (non-hydrogen) atoms. The number of amides is 1. The number of imidazole rings is 1. The van der Waals surface area contributed by atoms with E-state index in [9.17, 15) is 4.79 Å². The predicted molar refractivity (Wildman–Crippen MR) is 118 cm³/mol. The molecule has 3 aromatic rings. The highest BCUT2D eigenvalue weighted by Crippen LogP contribution is 2.24. The van der Waals surface area contributed by atoms with Crippen LogP contribution in [-0.4, -0.2) is 27.0 Å². The van der Waals surface area contributed by atoms with Crippen molar-refractivity contribution in [3.05, 3.63) is 52.4 Å². The lowest BCUT2D eigenvalue weighted by molar-refractivity contribution is 0.102. The van der Waals surface area contributed by atoms with Gasteiger partial charge in [-0.05, 0) is 31.5 Å². The predicted octanol–water partition coefficient (Wildman–Crippen LogP) is 3.94. The molecule has 4 rings (SSSR count). The fourth-order valence-corrected chi connectivity index (χ4v) is 3.92. The second-order valence-electron chi connectivity index (χ2n) is 6.39. The van der Waals surface area contributed by atoms with Crippen LogP contribution >= 0.6 is 36.2 Å². The van der Waals surface area contributed by atoms with Gasteiger partial charge in [0.25, 0.3) is 5.91 Å². The third kappa shape index (κ3) is 4.91. The lowest BCUT2D eigenvalue weighted by atomic mass is 10.1. The second-order valence-corrected chi connectivity index (χ2v) is 7.33. The van der Waals surface area contributed by atoms with E-state index in [4.69, 9.17) is 10.7 Å². The summed E-state index contributed by atoms with van der Waals surface area (Å²) < 4.78 is 2.25. The highest BCUT2D eigenvalue weighted by atomic mass is 35.5. The van der Waals surface area contributed by atoms with Crippen molar-refractivity contribution in [1.82, 2.24) is 14.5 Å². The molecule has 0 fully saturated rings. The Morgan fingerprint density at radius 3 is 2.68 bits per heavy atom. The number of hydrogen-bond donors (Lipinski definition) is 2. The van der Waals surface area contributed by atoms with Crippen LogP contribution in [0.1, 0.15) is 34.2 Å². The average molecular weight is 440 g/mol. The molecule has 0 saturated heterocycles. The summed E-state index contributed by atoms with van der Waals surface area (Å²) in [4.78, 5) is 21.4. The van der Waals surface area contributed by atoms with Crippen molar-refractivity contribution in [3.8, 4) is 11.3 Å². The van der Waals surface area contributed by atoms with E-state index in [1.807, 2.05) is 24.3 Å². The summed E-state index contributed by atoms with van der Waals surface area (Å²) in [6.45, 7) is 1.59. The largest absolute Gasteiger partial charge is 0.334 e. The molecule has 0 spiro atoms. The van der Waals surface area contributed by atoms with Crippen LogP contribution in [0.5, 0.6) is 0 Å². The van der Waals surface area contributed by atoms with Gasteiger partial charge in [-0.25, -0.2) is 9.97 Å². The topological polar surface area (TPSA) is 85.8 Å². The van der Waals surface area contributed by atoms with Gasteiger partial charge >= 0.3 is 0 Å². The summed E-state index contributed by atoms with van der Waals surface area (Å²) >= 11 is 1.46. The Hall–Kier alpha value is -1.93. The number of hydrogen-bond acceptors (Lipinski definition) is 5. The van der Waals surface area contributed by atoms with Crippen LogP contribution in [0.25, 0.3) is 11.3 Å². The molecule has 0 bridgehead atoms. The first-order valence-corrected chi connectivity index (χ1v) is 9.73. The molecule has 1 aliphatic heterocycles. The van der Waals surface area contributed by atoms with Gasteiger partial charge in [0.1, 0.15) is 11.5 Å². The van der Waals surface area contributed by atoms with Gasteiger partial charge in [-0.1, -0.05) is 12.1 Å². The van der Waals surface area contributed by atoms with E-state index in [0.29, 0.717) is 18.7 Å². The fourth-order valence-electron chi connectivity index (χ4n) is 3.12. The lowest BCUT2D eigenvalue weighted by Gasteiger charge is -2.11. The summed E-state index contributed by atoms with van der Waals surface area (Å²) in [5.74, 6) is 0.968. The number of halogens is 2. The molecule has 0 atom stereocenters. The number of thiazole rings is 1. The van der Waals surface area contributed by atoms with E-state index >= 15 is 0 Å². The first kappa shape index (κ1) is 22.4. The van der Waals surface area contributed by atoms with E-state index in [2.05, 4.69) is 21.1 Å². The second kappa shape index (κ2) is 10.0. The molecule has 0 aliphatic carbocycles. The molecule has 9 heteroatoms. The quantitative estimate of drug-likeness (QED) is 0.629. The minimum absolute atomic E-state index is 0. The number of nitrogens with zero attached hydrogens (tertiary/aromatic N) is 3. The number of carbonyl (C=O) groups is 1. The Bertz CT molecular complexity index is 899. The van der Waals surface area contributed by atoms with Gasteiger partial charge in [0.2, 0.25) is 0 Å². The number of nitrogens with two attached hydrogens (primary N) is 1. The third-order valence-electron chi connectivity index (χ3n) is 4.49. The molecule has 2 aromatic heterocycles. The summed E-state index contributed by atoms with van der Waals surface area (Å²) in [6.07, 6.45) is 6.30. The maximum Gasteiger partial charge on any atom is 0.275 e. The van der Waals surface area contributed by atoms with Gasteiger partial charge in [-0.2, -0.15) is 0 Å². The SMILES string of the molecule is Cl.Cl.NCCc1nc(C(=O)Nc2ccc(-c3cn4c(n3)CCCC4)cc2)cs1. The summed E-state index contributed by atoms with van der Waals surface area (Å²) in [7, 11) is 0. The van der Waals surface area contributed by atoms with Crippen LogP contribution in [0, 0.1) is 0 Å². The Morgan fingerprint density at radius 2 is 1.96 bits per heavy atom. The highest BCUT2D eigenvalue weighted by Gasteiger charge is 2.14. The van der Waals surface area contributed by atoms with Crippen molar-refractivity contribution in [2.45, 2.75) is 32.2 Å². The first-order chi connectivity index (χ1) is 12.7. The molecule has 1 aromatic carbocycles. The number of carbonyl (C=O) groups excluding carboxylic acids is 1. The number of aromatic nitrogens is 3. The molecule has 6 nitrogen and oxygen atoms in total. The van der Waals surface area contributed by atoms with Crippen molar-refractivity contribution in [1.29, 1.82) is 0 Å². The van der Waals surface area contributed by atoms with Gasteiger partial charge in [0.15, 0.2) is 0 Å². The molecular formula is C19H23Cl2N5OS. The van der Waals surface area contributed by atoms with Crippen LogP contribution in [0.4, 0.5) is 5.69 Å². The number of anilines is 1. The number of fused-ring (bicyclic) bond motifs is 1. The van der Waals surface area contributed by atoms with Crippen LogP contribution in [0.15, 0.2) is 35.8 Å². The Labute approximate surface area is 180 Å².